The van der Waals surface area contributed by atoms with Crippen LogP contribution in [0.4, 0.5) is 5.69 Å². The number of sulfonamides is 1. The number of methoxy groups -OCH3 is 1. The van der Waals surface area contributed by atoms with Gasteiger partial charge in [0.05, 0.1) is 18.4 Å². The van der Waals surface area contributed by atoms with E-state index in [9.17, 15) is 18.3 Å². The number of anilines is 1. The molecule has 2 aromatic rings. The first-order valence-electron chi connectivity index (χ1n) is 6.75. The molecule has 23 heavy (non-hydrogen) atoms. The van der Waals surface area contributed by atoms with Crippen molar-refractivity contribution < 1.29 is 23.1 Å². The van der Waals surface area contributed by atoms with Gasteiger partial charge in [0.15, 0.2) is 0 Å². The van der Waals surface area contributed by atoms with Crippen LogP contribution in [-0.2, 0) is 10.0 Å². The zero-order chi connectivity index (χ0) is 17.2. The fourth-order valence-corrected chi connectivity index (χ4v) is 3.58. The Balaban J connectivity index is 2.59. The summed E-state index contributed by atoms with van der Waals surface area (Å²) in [5.41, 5.74) is 0.978. The third-order valence-corrected chi connectivity index (χ3v) is 5.26. The molecule has 0 amide bonds. The van der Waals surface area contributed by atoms with E-state index in [1.165, 1.54) is 38.4 Å². The van der Waals surface area contributed by atoms with E-state index in [1.807, 2.05) is 6.92 Å². The van der Waals surface area contributed by atoms with Crippen molar-refractivity contribution in [3.8, 4) is 5.75 Å². The number of carboxylic acids is 1. The van der Waals surface area contributed by atoms with Crippen molar-refractivity contribution in [3.05, 3.63) is 53.6 Å². The van der Waals surface area contributed by atoms with Gasteiger partial charge in [-0.05, 0) is 36.8 Å². The van der Waals surface area contributed by atoms with Gasteiger partial charge in [0.1, 0.15) is 10.6 Å². The second-order valence-corrected chi connectivity index (χ2v) is 6.89. The van der Waals surface area contributed by atoms with Crippen molar-refractivity contribution in [2.45, 2.75) is 11.8 Å². The topological polar surface area (TPSA) is 83.9 Å². The maximum absolute atomic E-state index is 12.8. The Bertz CT molecular complexity index is 845. The number of ether oxygens (including phenoxy) is 1. The summed E-state index contributed by atoms with van der Waals surface area (Å²) in [7, 11) is -1.23. The summed E-state index contributed by atoms with van der Waals surface area (Å²) in [4.78, 5) is 11.0. The van der Waals surface area contributed by atoms with Gasteiger partial charge < -0.3 is 9.84 Å². The molecule has 0 saturated carbocycles. The summed E-state index contributed by atoms with van der Waals surface area (Å²) >= 11 is 0. The molecule has 0 spiro atoms. The number of hydrogen-bond acceptors (Lipinski definition) is 4. The Morgan fingerprint density at radius 2 is 1.83 bits per heavy atom. The first-order chi connectivity index (χ1) is 10.8. The lowest BCUT2D eigenvalue weighted by molar-refractivity contribution is 0.0692. The van der Waals surface area contributed by atoms with E-state index in [1.54, 1.807) is 18.2 Å². The second kappa shape index (κ2) is 6.29. The highest BCUT2D eigenvalue weighted by Gasteiger charge is 2.28. The number of aromatic carboxylic acids is 1. The van der Waals surface area contributed by atoms with Gasteiger partial charge in [0.25, 0.3) is 10.0 Å². The molecule has 0 aliphatic heterocycles. The van der Waals surface area contributed by atoms with E-state index in [-0.39, 0.29) is 10.5 Å². The molecule has 122 valence electrons. The van der Waals surface area contributed by atoms with Crippen molar-refractivity contribution >= 4 is 21.7 Å². The lowest BCUT2D eigenvalue weighted by atomic mass is 10.2. The monoisotopic (exact) mass is 335 g/mol. The summed E-state index contributed by atoms with van der Waals surface area (Å²) in [6.45, 7) is 1.86. The van der Waals surface area contributed by atoms with Crippen molar-refractivity contribution in [3.63, 3.8) is 0 Å². The molecule has 0 aromatic heterocycles. The molecule has 0 saturated heterocycles. The number of nitrogens with zero attached hydrogens (tertiary/aromatic N) is 1. The molecule has 0 heterocycles. The molecule has 7 heteroatoms. The molecule has 2 rings (SSSR count). The lowest BCUT2D eigenvalue weighted by Gasteiger charge is -2.22. The van der Waals surface area contributed by atoms with Crippen LogP contribution in [0.2, 0.25) is 0 Å². The van der Waals surface area contributed by atoms with Crippen molar-refractivity contribution in [2.75, 3.05) is 18.5 Å². The van der Waals surface area contributed by atoms with E-state index in [4.69, 9.17) is 4.74 Å². The van der Waals surface area contributed by atoms with Gasteiger partial charge in [-0.25, -0.2) is 13.2 Å². The van der Waals surface area contributed by atoms with Crippen LogP contribution in [0.3, 0.4) is 0 Å². The Labute approximate surface area is 135 Å². The Hall–Kier alpha value is -2.54. The quantitative estimate of drug-likeness (QED) is 0.908. The van der Waals surface area contributed by atoms with Gasteiger partial charge in [0.2, 0.25) is 0 Å². The Kier molecular flexibility index (Phi) is 4.60. The summed E-state index contributed by atoms with van der Waals surface area (Å²) in [6, 6.07) is 10.6. The number of rotatable bonds is 5. The average Bonchev–Trinajstić information content (AvgIpc) is 2.53. The normalized spacial score (nSPS) is 11.1. The van der Waals surface area contributed by atoms with Crippen LogP contribution in [0.15, 0.2) is 47.4 Å². The van der Waals surface area contributed by atoms with Crippen LogP contribution in [0.25, 0.3) is 0 Å². The molecular formula is C16H17NO5S. The summed E-state index contributed by atoms with van der Waals surface area (Å²) < 4.78 is 31.9. The Morgan fingerprint density at radius 3 is 2.43 bits per heavy atom. The smallest absolute Gasteiger partial charge is 0.337 e. The fourth-order valence-electron chi connectivity index (χ4n) is 2.19. The molecule has 0 unspecified atom stereocenters. The second-order valence-electron chi connectivity index (χ2n) is 4.95. The molecule has 0 aliphatic rings. The number of carbonyl (C=O) groups is 1. The van der Waals surface area contributed by atoms with Crippen LogP contribution in [0, 0.1) is 6.92 Å². The van der Waals surface area contributed by atoms with Crippen molar-refractivity contribution in [1.82, 2.24) is 0 Å². The zero-order valence-corrected chi connectivity index (χ0v) is 13.8. The third kappa shape index (κ3) is 3.14. The van der Waals surface area contributed by atoms with E-state index in [0.29, 0.717) is 11.4 Å². The van der Waals surface area contributed by atoms with E-state index < -0.39 is 16.0 Å². The van der Waals surface area contributed by atoms with E-state index >= 15 is 0 Å². The van der Waals surface area contributed by atoms with Crippen LogP contribution in [0.1, 0.15) is 15.9 Å². The highest BCUT2D eigenvalue weighted by molar-refractivity contribution is 7.92. The lowest BCUT2D eigenvalue weighted by Crippen LogP contribution is -2.28. The number of aryl methyl sites for hydroxylation is 1. The minimum atomic E-state index is -4.04. The van der Waals surface area contributed by atoms with Gasteiger partial charge in [-0.15, -0.1) is 0 Å². The highest BCUT2D eigenvalue weighted by Crippen LogP contribution is 2.32. The molecule has 0 aliphatic carbocycles. The van der Waals surface area contributed by atoms with Crippen LogP contribution < -0.4 is 9.04 Å². The maximum Gasteiger partial charge on any atom is 0.337 e. The average molecular weight is 335 g/mol. The molecule has 0 radical (unpaired) electrons. The first-order valence-corrected chi connectivity index (χ1v) is 8.19. The van der Waals surface area contributed by atoms with Crippen LogP contribution in [0.5, 0.6) is 5.75 Å². The molecule has 0 atom stereocenters. The van der Waals surface area contributed by atoms with Gasteiger partial charge in [0, 0.05) is 7.05 Å². The predicted molar refractivity (Wildman–Crippen MR) is 86.7 cm³/mol. The molecule has 2 aromatic carbocycles. The van der Waals surface area contributed by atoms with Gasteiger partial charge >= 0.3 is 5.97 Å². The standard InChI is InChI=1S/C16H17NO5S/c1-11-8-9-13(14(10-11)22-3)17(2)23(20,21)15-7-5-4-6-12(15)16(18)19/h4-10H,1-3H3,(H,18,19). The van der Waals surface area contributed by atoms with Crippen molar-refractivity contribution in [1.29, 1.82) is 0 Å². The first kappa shape index (κ1) is 16.8. The van der Waals surface area contributed by atoms with Crippen LogP contribution in [-0.4, -0.2) is 33.7 Å². The van der Waals surface area contributed by atoms with E-state index in [2.05, 4.69) is 0 Å². The molecule has 0 fully saturated rings. The molecular weight excluding hydrogens is 318 g/mol. The molecule has 6 nitrogen and oxygen atoms in total. The SMILES string of the molecule is COc1cc(C)ccc1N(C)S(=O)(=O)c1ccccc1C(=O)O. The Morgan fingerprint density at radius 1 is 1.17 bits per heavy atom. The largest absolute Gasteiger partial charge is 0.495 e. The van der Waals surface area contributed by atoms with Crippen molar-refractivity contribution in [2.24, 2.45) is 0 Å². The minimum Gasteiger partial charge on any atom is -0.495 e. The van der Waals surface area contributed by atoms with E-state index in [0.717, 1.165) is 9.87 Å². The molecule has 1 N–H and O–H groups in total. The highest BCUT2D eigenvalue weighted by atomic mass is 32.2. The predicted octanol–water partition coefficient (Wildman–Crippen LogP) is 2.53. The number of carboxylic acid groups (broad SMARTS) is 1. The fraction of sp³-hybridized carbons (Fsp3) is 0.188. The van der Waals surface area contributed by atoms with Crippen LogP contribution >= 0.6 is 0 Å². The molecule has 0 bridgehead atoms. The minimum absolute atomic E-state index is 0.266. The summed E-state index contributed by atoms with van der Waals surface area (Å²) in [5, 5.41) is 9.21. The number of hydrogen-bond donors (Lipinski definition) is 1. The van der Waals surface area contributed by atoms with Gasteiger partial charge in [-0.1, -0.05) is 18.2 Å². The van der Waals surface area contributed by atoms with Gasteiger partial charge in [-0.3, -0.25) is 4.31 Å². The number of benzene rings is 2. The maximum atomic E-state index is 12.8. The summed E-state index contributed by atoms with van der Waals surface area (Å²) in [5.74, 6) is -0.905. The zero-order valence-electron chi connectivity index (χ0n) is 13.0. The summed E-state index contributed by atoms with van der Waals surface area (Å²) in [6.07, 6.45) is 0. The van der Waals surface area contributed by atoms with Gasteiger partial charge in [-0.2, -0.15) is 0 Å². The third-order valence-electron chi connectivity index (χ3n) is 3.43.